The Balaban J connectivity index is 1.44. The minimum absolute atomic E-state index is 0.0738. The van der Waals surface area contributed by atoms with E-state index in [9.17, 15) is 9.59 Å². The molecule has 6 nitrogen and oxygen atoms in total. The summed E-state index contributed by atoms with van der Waals surface area (Å²) in [5, 5.41) is 8.90. The first-order valence-corrected chi connectivity index (χ1v) is 10.7. The summed E-state index contributed by atoms with van der Waals surface area (Å²) in [5.41, 5.74) is 1.58. The second-order valence-electron chi connectivity index (χ2n) is 9.37. The number of anilines is 1. The third-order valence-electron chi connectivity index (χ3n) is 6.05. The molecule has 0 bridgehead atoms. The maximum absolute atomic E-state index is 12.2. The largest absolute Gasteiger partial charge is 0.481 e. The van der Waals surface area contributed by atoms with Gasteiger partial charge in [-0.15, -0.1) is 0 Å². The summed E-state index contributed by atoms with van der Waals surface area (Å²) in [7, 11) is 0. The molecule has 29 heavy (non-hydrogen) atoms. The number of nitrogens with zero attached hydrogens (tertiary/aromatic N) is 2. The summed E-state index contributed by atoms with van der Waals surface area (Å²) >= 11 is 0. The molecule has 3 rings (SSSR count). The summed E-state index contributed by atoms with van der Waals surface area (Å²) in [6.07, 6.45) is 4.37. The summed E-state index contributed by atoms with van der Waals surface area (Å²) in [6.45, 7) is 9.39. The van der Waals surface area contributed by atoms with E-state index >= 15 is 0 Å². The SMILES string of the molecule is CC(C)(C)OC(=O)N1CCC(C2CCN(c3ccc(CC(=O)O)cc3)CC2)CC1. The average Bonchev–Trinajstić information content (AvgIpc) is 2.67. The first-order valence-electron chi connectivity index (χ1n) is 10.7. The number of carbonyl (C=O) groups is 2. The summed E-state index contributed by atoms with van der Waals surface area (Å²) in [6, 6.07) is 7.92. The lowest BCUT2D eigenvalue weighted by molar-refractivity contribution is -0.136. The molecule has 2 aliphatic heterocycles. The van der Waals surface area contributed by atoms with Gasteiger partial charge in [0.05, 0.1) is 6.42 Å². The second-order valence-corrected chi connectivity index (χ2v) is 9.37. The van der Waals surface area contributed by atoms with Gasteiger partial charge in [0.25, 0.3) is 0 Å². The van der Waals surface area contributed by atoms with Crippen molar-refractivity contribution in [3.05, 3.63) is 29.8 Å². The third-order valence-corrected chi connectivity index (χ3v) is 6.05. The van der Waals surface area contributed by atoms with E-state index in [2.05, 4.69) is 4.90 Å². The lowest BCUT2D eigenvalue weighted by Gasteiger charge is -2.41. The fourth-order valence-corrected chi connectivity index (χ4v) is 4.51. The van der Waals surface area contributed by atoms with E-state index in [0.29, 0.717) is 5.92 Å². The van der Waals surface area contributed by atoms with Crippen LogP contribution < -0.4 is 4.90 Å². The zero-order valence-electron chi connectivity index (χ0n) is 17.9. The van der Waals surface area contributed by atoms with Crippen LogP contribution in [0.2, 0.25) is 0 Å². The van der Waals surface area contributed by atoms with Gasteiger partial charge < -0.3 is 19.6 Å². The van der Waals surface area contributed by atoms with Gasteiger partial charge in [0, 0.05) is 31.9 Å². The molecule has 160 valence electrons. The molecular formula is C23H34N2O4. The molecule has 0 unspecified atom stereocenters. The number of likely N-dealkylation sites (tertiary alicyclic amines) is 1. The number of carboxylic acids is 1. The predicted octanol–water partition coefficient (Wildman–Crippen LogP) is 4.18. The van der Waals surface area contributed by atoms with Crippen LogP contribution in [-0.4, -0.2) is 53.8 Å². The Labute approximate surface area is 173 Å². The standard InChI is InChI=1S/C23H34N2O4/c1-23(2,3)29-22(28)25-14-10-19(11-15-25)18-8-12-24(13-9-18)20-6-4-17(5-7-20)16-21(26)27/h4-7,18-19H,8-16H2,1-3H3,(H,26,27). The third kappa shape index (κ3) is 6.12. The van der Waals surface area contributed by atoms with Gasteiger partial charge in [0.2, 0.25) is 0 Å². The maximum Gasteiger partial charge on any atom is 0.410 e. The van der Waals surface area contributed by atoms with Crippen LogP contribution in [0.25, 0.3) is 0 Å². The summed E-state index contributed by atoms with van der Waals surface area (Å²) < 4.78 is 5.50. The predicted molar refractivity (Wildman–Crippen MR) is 113 cm³/mol. The van der Waals surface area contributed by atoms with Gasteiger partial charge in [-0.05, 0) is 76.0 Å². The van der Waals surface area contributed by atoms with Crippen molar-refractivity contribution in [1.29, 1.82) is 0 Å². The van der Waals surface area contributed by atoms with Gasteiger partial charge >= 0.3 is 12.1 Å². The molecule has 2 aliphatic rings. The number of carboxylic acid groups (broad SMARTS) is 1. The highest BCUT2D eigenvalue weighted by Gasteiger charge is 2.32. The van der Waals surface area contributed by atoms with Gasteiger partial charge in [-0.2, -0.15) is 0 Å². The van der Waals surface area contributed by atoms with E-state index in [-0.39, 0.29) is 12.5 Å². The first kappa shape index (κ1) is 21.5. The van der Waals surface area contributed by atoms with Crippen molar-refractivity contribution >= 4 is 17.7 Å². The van der Waals surface area contributed by atoms with E-state index in [1.165, 1.54) is 18.5 Å². The normalized spacial score (nSPS) is 19.3. The maximum atomic E-state index is 12.2. The highest BCUT2D eigenvalue weighted by Crippen LogP contribution is 2.34. The monoisotopic (exact) mass is 402 g/mol. The molecule has 6 heteroatoms. The number of aliphatic carboxylic acids is 1. The zero-order valence-corrected chi connectivity index (χ0v) is 17.9. The smallest absolute Gasteiger partial charge is 0.410 e. The van der Waals surface area contributed by atoms with E-state index in [1.54, 1.807) is 0 Å². The number of amides is 1. The van der Waals surface area contributed by atoms with Crippen LogP contribution in [0.5, 0.6) is 0 Å². The lowest BCUT2D eigenvalue weighted by atomic mass is 9.79. The quantitative estimate of drug-likeness (QED) is 0.818. The van der Waals surface area contributed by atoms with Crippen molar-refractivity contribution in [1.82, 2.24) is 4.90 Å². The Morgan fingerprint density at radius 2 is 1.48 bits per heavy atom. The van der Waals surface area contributed by atoms with Crippen LogP contribution in [0.1, 0.15) is 52.0 Å². The molecule has 1 amide bonds. The van der Waals surface area contributed by atoms with Gasteiger partial charge in [0.15, 0.2) is 0 Å². The van der Waals surface area contributed by atoms with Crippen molar-refractivity contribution in [3.63, 3.8) is 0 Å². The van der Waals surface area contributed by atoms with Gasteiger partial charge in [-0.25, -0.2) is 4.79 Å². The van der Waals surface area contributed by atoms with Crippen molar-refractivity contribution in [2.24, 2.45) is 11.8 Å². The Kier molecular flexibility index (Phi) is 6.70. The molecule has 2 saturated heterocycles. The molecule has 2 fully saturated rings. The van der Waals surface area contributed by atoms with Crippen molar-refractivity contribution < 1.29 is 19.4 Å². The highest BCUT2D eigenvalue weighted by atomic mass is 16.6. The number of carbonyl (C=O) groups excluding carboxylic acids is 1. The van der Waals surface area contributed by atoms with E-state index in [4.69, 9.17) is 9.84 Å². The van der Waals surface area contributed by atoms with Crippen LogP contribution in [0.15, 0.2) is 24.3 Å². The number of ether oxygens (including phenoxy) is 1. The molecule has 0 saturated carbocycles. The molecule has 0 aromatic heterocycles. The fraction of sp³-hybridized carbons (Fsp3) is 0.652. The lowest BCUT2D eigenvalue weighted by Crippen LogP contribution is -2.44. The minimum Gasteiger partial charge on any atom is -0.481 e. The van der Waals surface area contributed by atoms with Crippen LogP contribution in [0, 0.1) is 11.8 Å². The Morgan fingerprint density at radius 3 is 1.97 bits per heavy atom. The van der Waals surface area contributed by atoms with Crippen molar-refractivity contribution in [3.8, 4) is 0 Å². The molecule has 0 atom stereocenters. The molecule has 1 aromatic carbocycles. The number of benzene rings is 1. The van der Waals surface area contributed by atoms with Crippen LogP contribution in [0.3, 0.4) is 0 Å². The molecular weight excluding hydrogens is 368 g/mol. The first-order chi connectivity index (χ1) is 13.7. The molecule has 2 heterocycles. The molecule has 0 aliphatic carbocycles. The zero-order chi connectivity index (χ0) is 21.0. The molecule has 1 aromatic rings. The number of hydrogen-bond donors (Lipinski definition) is 1. The van der Waals surface area contributed by atoms with Crippen LogP contribution >= 0.6 is 0 Å². The van der Waals surface area contributed by atoms with E-state index < -0.39 is 11.6 Å². The van der Waals surface area contributed by atoms with Crippen molar-refractivity contribution in [2.75, 3.05) is 31.1 Å². The number of rotatable bonds is 4. The van der Waals surface area contributed by atoms with E-state index in [0.717, 1.165) is 50.5 Å². The van der Waals surface area contributed by atoms with Gasteiger partial charge in [0.1, 0.15) is 5.60 Å². The van der Waals surface area contributed by atoms with Gasteiger partial charge in [-0.1, -0.05) is 12.1 Å². The Bertz CT molecular complexity index is 695. The van der Waals surface area contributed by atoms with E-state index in [1.807, 2.05) is 49.9 Å². The fourth-order valence-electron chi connectivity index (χ4n) is 4.51. The molecule has 0 radical (unpaired) electrons. The molecule has 1 N–H and O–H groups in total. The summed E-state index contributed by atoms with van der Waals surface area (Å²) in [4.78, 5) is 27.3. The van der Waals surface area contributed by atoms with Crippen molar-refractivity contribution in [2.45, 2.75) is 58.5 Å². The Hall–Kier alpha value is -2.24. The highest BCUT2D eigenvalue weighted by molar-refractivity contribution is 5.70. The Morgan fingerprint density at radius 1 is 0.966 bits per heavy atom. The molecule has 0 spiro atoms. The van der Waals surface area contributed by atoms with Crippen LogP contribution in [0.4, 0.5) is 10.5 Å². The van der Waals surface area contributed by atoms with Gasteiger partial charge in [-0.3, -0.25) is 4.79 Å². The van der Waals surface area contributed by atoms with Crippen LogP contribution in [-0.2, 0) is 16.0 Å². The summed E-state index contributed by atoms with van der Waals surface area (Å²) in [5.74, 6) is 0.614. The number of hydrogen-bond acceptors (Lipinski definition) is 4. The minimum atomic E-state index is -0.795. The number of piperidine rings is 2. The second kappa shape index (κ2) is 9.06. The average molecular weight is 403 g/mol. The topological polar surface area (TPSA) is 70.1 Å².